The predicted octanol–water partition coefficient (Wildman–Crippen LogP) is 0.000900. The highest BCUT2D eigenvalue weighted by atomic mass is 16.4. The van der Waals surface area contributed by atoms with E-state index in [9.17, 15) is 14.4 Å². The van der Waals surface area contributed by atoms with Gasteiger partial charge >= 0.3 is 12.0 Å². The first-order chi connectivity index (χ1) is 8.01. The quantitative estimate of drug-likeness (QED) is 0.645. The SMILES string of the molecule is CC(C)C(NC(=O)N(C)C(C)(C)C(=O)O)C(N)=O. The summed E-state index contributed by atoms with van der Waals surface area (Å²) in [4.78, 5) is 35.0. The number of carbonyl (C=O) groups is 3. The molecule has 0 spiro atoms. The second kappa shape index (κ2) is 5.70. The number of nitrogens with zero attached hydrogens (tertiary/aromatic N) is 1. The van der Waals surface area contributed by atoms with E-state index in [-0.39, 0.29) is 5.92 Å². The van der Waals surface area contributed by atoms with Gasteiger partial charge in [0.1, 0.15) is 11.6 Å². The molecular formula is C11H21N3O4. The number of carbonyl (C=O) groups excluding carboxylic acids is 2. The lowest BCUT2D eigenvalue weighted by Crippen LogP contribution is -2.58. The summed E-state index contributed by atoms with van der Waals surface area (Å²) >= 11 is 0. The number of primary amides is 1. The Kier molecular flexibility index (Phi) is 5.13. The van der Waals surface area contributed by atoms with E-state index in [1.807, 2.05) is 0 Å². The molecule has 4 N–H and O–H groups in total. The first kappa shape index (κ1) is 16.2. The van der Waals surface area contributed by atoms with E-state index in [4.69, 9.17) is 10.8 Å². The molecule has 0 heterocycles. The Labute approximate surface area is 106 Å². The zero-order valence-electron chi connectivity index (χ0n) is 11.4. The molecule has 0 saturated heterocycles. The van der Waals surface area contributed by atoms with E-state index in [1.54, 1.807) is 13.8 Å². The molecule has 0 aliphatic rings. The maximum Gasteiger partial charge on any atom is 0.329 e. The molecular weight excluding hydrogens is 238 g/mol. The van der Waals surface area contributed by atoms with Crippen molar-refractivity contribution in [1.82, 2.24) is 10.2 Å². The van der Waals surface area contributed by atoms with Gasteiger partial charge < -0.3 is 21.1 Å². The van der Waals surface area contributed by atoms with Gasteiger partial charge in [0.05, 0.1) is 0 Å². The minimum absolute atomic E-state index is 0.173. The van der Waals surface area contributed by atoms with Crippen LogP contribution >= 0.6 is 0 Å². The molecule has 0 aromatic heterocycles. The monoisotopic (exact) mass is 259 g/mol. The van der Waals surface area contributed by atoms with Crippen molar-refractivity contribution < 1.29 is 19.5 Å². The lowest BCUT2D eigenvalue weighted by Gasteiger charge is -2.33. The first-order valence-electron chi connectivity index (χ1n) is 5.58. The standard InChI is InChI=1S/C11H21N3O4/c1-6(2)7(8(12)15)13-10(18)14(5)11(3,4)9(16)17/h6-7H,1-5H3,(H2,12,15)(H,13,18)(H,16,17). The molecule has 18 heavy (non-hydrogen) atoms. The summed E-state index contributed by atoms with van der Waals surface area (Å²) in [5.74, 6) is -1.96. The number of carboxylic acid groups (broad SMARTS) is 1. The summed E-state index contributed by atoms with van der Waals surface area (Å²) in [5.41, 5.74) is 3.79. The Hall–Kier alpha value is -1.79. The highest BCUT2D eigenvalue weighted by molar-refractivity contribution is 5.89. The molecule has 7 heteroatoms. The Morgan fingerprint density at radius 2 is 1.72 bits per heavy atom. The molecule has 0 saturated carbocycles. The second-order valence-corrected chi connectivity index (χ2v) is 5.00. The van der Waals surface area contributed by atoms with E-state index in [2.05, 4.69) is 5.32 Å². The van der Waals surface area contributed by atoms with Crippen LogP contribution in [0.15, 0.2) is 0 Å². The fourth-order valence-electron chi connectivity index (χ4n) is 1.19. The van der Waals surface area contributed by atoms with Crippen LogP contribution in [0.1, 0.15) is 27.7 Å². The second-order valence-electron chi connectivity index (χ2n) is 5.00. The third-order valence-electron chi connectivity index (χ3n) is 2.92. The van der Waals surface area contributed by atoms with E-state index in [0.29, 0.717) is 0 Å². The summed E-state index contributed by atoms with van der Waals surface area (Å²) in [7, 11) is 1.35. The van der Waals surface area contributed by atoms with Gasteiger partial charge in [-0.15, -0.1) is 0 Å². The van der Waals surface area contributed by atoms with E-state index in [0.717, 1.165) is 4.90 Å². The number of hydrogen-bond acceptors (Lipinski definition) is 3. The molecule has 0 rings (SSSR count). The fourth-order valence-corrected chi connectivity index (χ4v) is 1.19. The van der Waals surface area contributed by atoms with Crippen LogP contribution in [0, 0.1) is 5.92 Å². The maximum atomic E-state index is 11.9. The number of likely N-dealkylation sites (N-methyl/N-ethyl adjacent to an activating group) is 1. The Morgan fingerprint density at radius 1 is 1.28 bits per heavy atom. The minimum Gasteiger partial charge on any atom is -0.480 e. The summed E-state index contributed by atoms with van der Waals surface area (Å²) in [6, 6.07) is -1.48. The Balaban J connectivity index is 4.87. The van der Waals surface area contributed by atoms with Gasteiger partial charge in [-0.2, -0.15) is 0 Å². The van der Waals surface area contributed by atoms with Gasteiger partial charge in [0.15, 0.2) is 0 Å². The van der Waals surface area contributed by atoms with Gasteiger partial charge in [-0.25, -0.2) is 9.59 Å². The van der Waals surface area contributed by atoms with Crippen LogP contribution in [0.25, 0.3) is 0 Å². The molecule has 0 aromatic rings. The number of rotatable bonds is 5. The normalized spacial score (nSPS) is 13.0. The molecule has 3 amide bonds. The van der Waals surface area contributed by atoms with Crippen LogP contribution in [0.5, 0.6) is 0 Å². The number of amides is 3. The minimum atomic E-state index is -1.37. The summed E-state index contributed by atoms with van der Waals surface area (Å²) in [6.45, 7) is 6.25. The highest BCUT2D eigenvalue weighted by Gasteiger charge is 2.36. The van der Waals surface area contributed by atoms with Crippen LogP contribution in [0.3, 0.4) is 0 Å². The van der Waals surface area contributed by atoms with Crippen molar-refractivity contribution in [2.24, 2.45) is 11.7 Å². The van der Waals surface area contributed by atoms with Crippen LogP contribution in [-0.4, -0.2) is 46.5 Å². The topological polar surface area (TPSA) is 113 Å². The van der Waals surface area contributed by atoms with Gasteiger partial charge in [-0.1, -0.05) is 13.8 Å². The lowest BCUT2D eigenvalue weighted by molar-refractivity contribution is -0.146. The Bertz CT molecular complexity index is 352. The summed E-state index contributed by atoms with van der Waals surface area (Å²) in [6.07, 6.45) is 0. The van der Waals surface area contributed by atoms with Gasteiger partial charge in [0, 0.05) is 7.05 Å². The van der Waals surface area contributed by atoms with Crippen molar-refractivity contribution in [2.45, 2.75) is 39.3 Å². The van der Waals surface area contributed by atoms with Crippen molar-refractivity contribution >= 4 is 17.9 Å². The molecule has 0 radical (unpaired) electrons. The molecule has 104 valence electrons. The molecule has 7 nitrogen and oxygen atoms in total. The molecule has 0 bridgehead atoms. The zero-order chi connectivity index (χ0) is 14.7. The lowest BCUT2D eigenvalue weighted by atomic mass is 10.0. The van der Waals surface area contributed by atoms with Gasteiger partial charge in [0.2, 0.25) is 5.91 Å². The van der Waals surface area contributed by atoms with Crippen molar-refractivity contribution in [3.8, 4) is 0 Å². The third-order valence-corrected chi connectivity index (χ3v) is 2.92. The summed E-state index contributed by atoms with van der Waals surface area (Å²) in [5, 5.41) is 11.4. The number of aliphatic carboxylic acids is 1. The average Bonchev–Trinajstić information content (AvgIpc) is 2.22. The molecule has 0 aromatic carbocycles. The van der Waals surface area contributed by atoms with Gasteiger partial charge in [-0.3, -0.25) is 4.79 Å². The molecule has 1 atom stereocenters. The smallest absolute Gasteiger partial charge is 0.329 e. The summed E-state index contributed by atoms with van der Waals surface area (Å²) < 4.78 is 0. The number of hydrogen-bond donors (Lipinski definition) is 3. The van der Waals surface area contributed by atoms with Crippen molar-refractivity contribution in [3.63, 3.8) is 0 Å². The van der Waals surface area contributed by atoms with Crippen LogP contribution in [0.4, 0.5) is 4.79 Å². The highest BCUT2D eigenvalue weighted by Crippen LogP contribution is 2.13. The molecule has 0 aliphatic carbocycles. The van der Waals surface area contributed by atoms with Crippen LogP contribution in [-0.2, 0) is 9.59 Å². The average molecular weight is 259 g/mol. The predicted molar refractivity (Wildman–Crippen MR) is 65.8 cm³/mol. The number of nitrogens with two attached hydrogens (primary N) is 1. The van der Waals surface area contributed by atoms with Crippen molar-refractivity contribution in [2.75, 3.05) is 7.05 Å². The largest absolute Gasteiger partial charge is 0.480 e. The maximum absolute atomic E-state index is 11.9. The van der Waals surface area contributed by atoms with Crippen molar-refractivity contribution in [3.05, 3.63) is 0 Å². The number of carboxylic acids is 1. The number of nitrogens with one attached hydrogen (secondary N) is 1. The molecule has 0 fully saturated rings. The molecule has 1 unspecified atom stereocenters. The van der Waals surface area contributed by atoms with Gasteiger partial charge in [0.25, 0.3) is 0 Å². The van der Waals surface area contributed by atoms with Crippen molar-refractivity contribution in [1.29, 1.82) is 0 Å². The van der Waals surface area contributed by atoms with E-state index in [1.165, 1.54) is 20.9 Å². The Morgan fingerprint density at radius 3 is 2.00 bits per heavy atom. The van der Waals surface area contributed by atoms with Crippen LogP contribution < -0.4 is 11.1 Å². The van der Waals surface area contributed by atoms with Crippen LogP contribution in [0.2, 0.25) is 0 Å². The molecule has 0 aliphatic heterocycles. The number of urea groups is 1. The van der Waals surface area contributed by atoms with E-state index >= 15 is 0 Å². The van der Waals surface area contributed by atoms with E-state index < -0.39 is 29.5 Å². The third kappa shape index (κ3) is 3.61. The first-order valence-corrected chi connectivity index (χ1v) is 5.58. The zero-order valence-corrected chi connectivity index (χ0v) is 11.4. The van der Waals surface area contributed by atoms with Gasteiger partial charge in [-0.05, 0) is 19.8 Å². The fraction of sp³-hybridized carbons (Fsp3) is 0.727.